The number of aromatic nitrogens is 3. The zero-order valence-electron chi connectivity index (χ0n) is 15.7. The van der Waals surface area contributed by atoms with Crippen molar-refractivity contribution in [2.24, 2.45) is 0 Å². The summed E-state index contributed by atoms with van der Waals surface area (Å²) < 4.78 is 2.20. The van der Waals surface area contributed by atoms with Gasteiger partial charge < -0.3 is 4.40 Å². The van der Waals surface area contributed by atoms with Gasteiger partial charge in [0.15, 0.2) is 0 Å². The van der Waals surface area contributed by atoms with Crippen LogP contribution in [0.15, 0.2) is 103 Å². The molecule has 136 valence electrons. The van der Waals surface area contributed by atoms with Crippen molar-refractivity contribution in [2.45, 2.75) is 0 Å². The Bertz CT molecular complexity index is 1480. The van der Waals surface area contributed by atoms with E-state index < -0.39 is 0 Å². The van der Waals surface area contributed by atoms with Gasteiger partial charge in [0.25, 0.3) is 0 Å². The van der Waals surface area contributed by atoms with Crippen molar-refractivity contribution in [2.75, 3.05) is 0 Å². The minimum Gasteiger partial charge on any atom is -0.322 e. The van der Waals surface area contributed by atoms with E-state index in [0.717, 1.165) is 33.3 Å². The van der Waals surface area contributed by atoms with Gasteiger partial charge in [-0.2, -0.15) is 0 Å². The van der Waals surface area contributed by atoms with E-state index in [2.05, 4.69) is 76.5 Å². The van der Waals surface area contributed by atoms with Gasteiger partial charge in [-0.15, -0.1) is 10.2 Å². The quantitative estimate of drug-likeness (QED) is 0.354. The van der Waals surface area contributed by atoms with Crippen molar-refractivity contribution in [1.29, 1.82) is 0 Å². The summed E-state index contributed by atoms with van der Waals surface area (Å²) in [7, 11) is 0. The molecule has 0 amide bonds. The van der Waals surface area contributed by atoms with Crippen LogP contribution in [0.3, 0.4) is 0 Å². The van der Waals surface area contributed by atoms with Crippen molar-refractivity contribution >= 4 is 27.1 Å². The van der Waals surface area contributed by atoms with Gasteiger partial charge in [-0.3, -0.25) is 0 Å². The van der Waals surface area contributed by atoms with E-state index in [4.69, 9.17) is 5.10 Å². The Labute approximate surface area is 167 Å². The summed E-state index contributed by atoms with van der Waals surface area (Å²) in [5.74, 6) is 0. The van der Waals surface area contributed by atoms with Crippen LogP contribution in [-0.4, -0.2) is 14.6 Å². The van der Waals surface area contributed by atoms with E-state index in [0.29, 0.717) is 0 Å². The molecule has 0 aliphatic carbocycles. The second-order valence-electron chi connectivity index (χ2n) is 7.21. The van der Waals surface area contributed by atoms with Crippen LogP contribution in [0.4, 0.5) is 0 Å². The maximum atomic E-state index is 4.72. The van der Waals surface area contributed by atoms with Gasteiger partial charge in [0, 0.05) is 39.7 Å². The Morgan fingerprint density at radius 2 is 1.17 bits per heavy atom. The van der Waals surface area contributed by atoms with Crippen LogP contribution in [0.5, 0.6) is 0 Å². The van der Waals surface area contributed by atoms with Crippen molar-refractivity contribution < 1.29 is 0 Å². The molecule has 0 spiro atoms. The largest absolute Gasteiger partial charge is 0.322 e. The van der Waals surface area contributed by atoms with Crippen molar-refractivity contribution in [3.8, 4) is 22.5 Å². The average molecular weight is 371 g/mol. The summed E-state index contributed by atoms with van der Waals surface area (Å²) in [6, 6.07) is 31.3. The Balaban J connectivity index is 1.83. The second-order valence-corrected chi connectivity index (χ2v) is 7.21. The summed E-state index contributed by atoms with van der Waals surface area (Å²) >= 11 is 0. The predicted octanol–water partition coefficient (Wildman–Crippen LogP) is 6.37. The van der Waals surface area contributed by atoms with Crippen LogP contribution in [0, 0.1) is 0 Å². The molecule has 0 atom stereocenters. The Morgan fingerprint density at radius 3 is 1.93 bits per heavy atom. The molecule has 0 aliphatic heterocycles. The minimum absolute atomic E-state index is 0.910. The minimum atomic E-state index is 0.910. The first-order valence-electron chi connectivity index (χ1n) is 9.70. The van der Waals surface area contributed by atoms with Gasteiger partial charge in [0.05, 0.1) is 5.52 Å². The van der Waals surface area contributed by atoms with Gasteiger partial charge in [-0.25, -0.2) is 0 Å². The van der Waals surface area contributed by atoms with E-state index in [-0.39, 0.29) is 0 Å². The lowest BCUT2D eigenvalue weighted by molar-refractivity contribution is 1.06. The van der Waals surface area contributed by atoms with Crippen LogP contribution >= 0.6 is 0 Å². The third-order valence-electron chi connectivity index (χ3n) is 5.50. The van der Waals surface area contributed by atoms with Crippen LogP contribution in [0.2, 0.25) is 0 Å². The maximum Gasteiger partial charge on any atom is 0.103 e. The molecule has 0 bridgehead atoms. The van der Waals surface area contributed by atoms with Gasteiger partial charge in [0.1, 0.15) is 11.4 Å². The molecule has 3 heteroatoms. The molecule has 29 heavy (non-hydrogen) atoms. The average Bonchev–Trinajstić information content (AvgIpc) is 3.20. The molecular weight excluding hydrogens is 354 g/mol. The molecule has 6 aromatic rings. The zero-order valence-corrected chi connectivity index (χ0v) is 15.7. The molecule has 0 fully saturated rings. The lowest BCUT2D eigenvalue weighted by Crippen LogP contribution is -1.93. The maximum absolute atomic E-state index is 4.72. The molecule has 3 heterocycles. The van der Waals surface area contributed by atoms with Crippen LogP contribution < -0.4 is 0 Å². The second kappa shape index (κ2) is 6.28. The SMILES string of the molecule is c1ccc(-c2nnc(-c3ccccc3)c3c2cn2ccc4ccccc4c32)cc1. The highest BCUT2D eigenvalue weighted by molar-refractivity contribution is 6.18. The van der Waals surface area contributed by atoms with E-state index in [1.807, 2.05) is 36.4 Å². The molecule has 6 rings (SSSR count). The predicted molar refractivity (Wildman–Crippen MR) is 119 cm³/mol. The van der Waals surface area contributed by atoms with Gasteiger partial charge >= 0.3 is 0 Å². The number of hydrogen-bond donors (Lipinski definition) is 0. The normalized spacial score (nSPS) is 11.4. The topological polar surface area (TPSA) is 30.2 Å². The molecule has 3 nitrogen and oxygen atoms in total. The molecule has 0 aliphatic rings. The smallest absolute Gasteiger partial charge is 0.103 e. The fourth-order valence-corrected chi connectivity index (χ4v) is 4.17. The lowest BCUT2D eigenvalue weighted by atomic mass is 10.0. The molecule has 0 N–H and O–H groups in total. The monoisotopic (exact) mass is 371 g/mol. The highest BCUT2D eigenvalue weighted by Gasteiger charge is 2.18. The van der Waals surface area contributed by atoms with E-state index in [9.17, 15) is 0 Å². The van der Waals surface area contributed by atoms with E-state index in [1.165, 1.54) is 16.3 Å². The highest BCUT2D eigenvalue weighted by Crippen LogP contribution is 2.38. The first-order chi connectivity index (χ1) is 14.4. The third-order valence-corrected chi connectivity index (χ3v) is 5.50. The number of nitrogens with zero attached hydrogens (tertiary/aromatic N) is 3. The molecule has 0 unspecified atom stereocenters. The molecule has 0 saturated heterocycles. The fourth-order valence-electron chi connectivity index (χ4n) is 4.17. The number of hydrogen-bond acceptors (Lipinski definition) is 2. The Hall–Kier alpha value is -3.98. The molecule has 0 radical (unpaired) electrons. The molecular formula is C26H17N3. The standard InChI is InChI=1S/C26H17N3/c1-3-10-19(11-4-1)24-22-17-29-16-15-18-9-7-8-14-21(18)26(29)23(22)25(28-27-24)20-12-5-2-6-13-20/h1-17H. The fraction of sp³-hybridized carbons (Fsp3) is 0. The van der Waals surface area contributed by atoms with Crippen molar-refractivity contribution in [3.05, 3.63) is 103 Å². The van der Waals surface area contributed by atoms with Crippen molar-refractivity contribution in [1.82, 2.24) is 14.6 Å². The summed E-state index contributed by atoms with van der Waals surface area (Å²) in [5.41, 5.74) is 5.15. The summed E-state index contributed by atoms with van der Waals surface area (Å²) in [5, 5.41) is 14.1. The highest BCUT2D eigenvalue weighted by atomic mass is 15.1. The van der Waals surface area contributed by atoms with Gasteiger partial charge in [0.2, 0.25) is 0 Å². The zero-order chi connectivity index (χ0) is 19.2. The van der Waals surface area contributed by atoms with Crippen LogP contribution in [0.25, 0.3) is 49.6 Å². The van der Waals surface area contributed by atoms with Crippen LogP contribution in [0.1, 0.15) is 0 Å². The summed E-state index contributed by atoms with van der Waals surface area (Å²) in [6.45, 7) is 0. The molecule has 3 aromatic heterocycles. The molecule has 0 saturated carbocycles. The number of pyridine rings is 1. The summed E-state index contributed by atoms with van der Waals surface area (Å²) in [6.07, 6.45) is 4.31. The first-order valence-corrected chi connectivity index (χ1v) is 9.70. The van der Waals surface area contributed by atoms with Crippen molar-refractivity contribution in [3.63, 3.8) is 0 Å². The third kappa shape index (κ3) is 2.44. The summed E-state index contributed by atoms with van der Waals surface area (Å²) in [4.78, 5) is 0. The van der Waals surface area contributed by atoms with Crippen LogP contribution in [-0.2, 0) is 0 Å². The molecule has 3 aromatic carbocycles. The first kappa shape index (κ1) is 16.0. The van der Waals surface area contributed by atoms with E-state index in [1.54, 1.807) is 0 Å². The van der Waals surface area contributed by atoms with Gasteiger partial charge in [-0.05, 0) is 11.5 Å². The number of benzene rings is 3. The van der Waals surface area contributed by atoms with E-state index >= 15 is 0 Å². The number of fused-ring (bicyclic) bond motifs is 5. The van der Waals surface area contributed by atoms with Gasteiger partial charge in [-0.1, -0.05) is 84.9 Å². The number of rotatable bonds is 2. The lowest BCUT2D eigenvalue weighted by Gasteiger charge is -2.08. The Morgan fingerprint density at radius 1 is 0.552 bits per heavy atom. The Kier molecular flexibility index (Phi) is 3.47.